The fourth-order valence-electron chi connectivity index (χ4n) is 3.77. The monoisotopic (exact) mass is 417 g/mol. The van der Waals surface area contributed by atoms with Crippen LogP contribution in [0.3, 0.4) is 0 Å². The van der Waals surface area contributed by atoms with Crippen molar-refractivity contribution in [1.82, 2.24) is 15.1 Å². The van der Waals surface area contributed by atoms with Crippen LogP contribution >= 0.6 is 11.8 Å². The second kappa shape index (κ2) is 10.1. The fourth-order valence-corrected chi connectivity index (χ4v) is 4.54. The summed E-state index contributed by atoms with van der Waals surface area (Å²) in [5, 5.41) is 8.30. The van der Waals surface area contributed by atoms with Crippen LogP contribution in [0.5, 0.6) is 5.75 Å². The van der Waals surface area contributed by atoms with Crippen LogP contribution in [0.1, 0.15) is 63.0 Å². The summed E-state index contributed by atoms with van der Waals surface area (Å²) >= 11 is 1.32. The maximum atomic E-state index is 13.0. The maximum absolute atomic E-state index is 13.0. The molecule has 0 aliphatic heterocycles. The molecule has 2 aromatic rings. The van der Waals surface area contributed by atoms with Gasteiger partial charge in [0.25, 0.3) is 11.1 Å². The first kappa shape index (κ1) is 21.7. The number of carbonyl (C=O) groups is 1. The molecule has 0 radical (unpaired) electrons. The molecule has 29 heavy (non-hydrogen) atoms. The van der Waals surface area contributed by atoms with E-state index in [0.29, 0.717) is 17.2 Å². The molecule has 1 amide bonds. The summed E-state index contributed by atoms with van der Waals surface area (Å²) in [6.45, 7) is 8.95. The molecule has 158 valence electrons. The minimum Gasteiger partial charge on any atom is -0.484 e. The average Bonchev–Trinajstić information content (AvgIpc) is 3.17. The van der Waals surface area contributed by atoms with Crippen LogP contribution in [0.25, 0.3) is 0 Å². The molecule has 7 heteroatoms. The van der Waals surface area contributed by atoms with Gasteiger partial charge in [0, 0.05) is 12.6 Å². The van der Waals surface area contributed by atoms with E-state index < -0.39 is 0 Å². The summed E-state index contributed by atoms with van der Waals surface area (Å²) < 4.78 is 11.5. The molecule has 1 atom stereocenters. The van der Waals surface area contributed by atoms with Gasteiger partial charge < -0.3 is 14.1 Å². The van der Waals surface area contributed by atoms with Gasteiger partial charge in [-0.05, 0) is 57.7 Å². The smallest absolute Gasteiger partial charge is 0.277 e. The predicted molar refractivity (Wildman–Crippen MR) is 114 cm³/mol. The van der Waals surface area contributed by atoms with Gasteiger partial charge in [0.15, 0.2) is 6.61 Å². The SMILES string of the molecule is CCN(C(=O)C(C)Sc1nnc(COc2cc(C)ccc2C)o1)C1CCCCC1. The third-order valence-corrected chi connectivity index (χ3v) is 6.33. The van der Waals surface area contributed by atoms with Gasteiger partial charge in [-0.1, -0.05) is 43.2 Å². The number of hydrogen-bond acceptors (Lipinski definition) is 6. The summed E-state index contributed by atoms with van der Waals surface area (Å²) in [5.41, 5.74) is 2.20. The molecule has 1 aliphatic rings. The van der Waals surface area contributed by atoms with Crippen molar-refractivity contribution in [2.75, 3.05) is 6.54 Å². The molecule has 0 spiro atoms. The molecule has 1 aliphatic carbocycles. The summed E-state index contributed by atoms with van der Waals surface area (Å²) in [5.74, 6) is 1.37. The quantitative estimate of drug-likeness (QED) is 0.568. The van der Waals surface area contributed by atoms with Crippen molar-refractivity contribution in [3.8, 4) is 5.75 Å². The molecule has 3 rings (SSSR count). The number of aryl methyl sites for hydroxylation is 2. The first-order chi connectivity index (χ1) is 14.0. The van der Waals surface area contributed by atoms with E-state index >= 15 is 0 Å². The Kier molecular flexibility index (Phi) is 7.58. The standard InChI is InChI=1S/C22H31N3O3S/c1-5-25(18-9-7-6-8-10-18)21(26)17(4)29-22-24-23-20(28-22)14-27-19-13-15(2)11-12-16(19)3/h11-13,17-18H,5-10,14H2,1-4H3. The Labute approximate surface area is 177 Å². The zero-order chi connectivity index (χ0) is 20.8. The van der Waals surface area contributed by atoms with Gasteiger partial charge in [-0.15, -0.1) is 10.2 Å². The zero-order valence-corrected chi connectivity index (χ0v) is 18.6. The van der Waals surface area contributed by atoms with Crippen molar-refractivity contribution in [3.63, 3.8) is 0 Å². The van der Waals surface area contributed by atoms with E-state index in [2.05, 4.69) is 23.2 Å². The molecule has 0 N–H and O–H groups in total. The van der Waals surface area contributed by atoms with E-state index in [9.17, 15) is 4.79 Å². The Morgan fingerprint density at radius 1 is 1.28 bits per heavy atom. The highest BCUT2D eigenvalue weighted by molar-refractivity contribution is 8.00. The highest BCUT2D eigenvalue weighted by Crippen LogP contribution is 2.28. The van der Waals surface area contributed by atoms with Crippen molar-refractivity contribution >= 4 is 17.7 Å². The van der Waals surface area contributed by atoms with Crippen LogP contribution < -0.4 is 4.74 Å². The molecule has 1 aromatic heterocycles. The van der Waals surface area contributed by atoms with Gasteiger partial charge in [0.2, 0.25) is 5.91 Å². The fraction of sp³-hybridized carbons (Fsp3) is 0.591. The van der Waals surface area contributed by atoms with Crippen molar-refractivity contribution < 1.29 is 13.9 Å². The zero-order valence-electron chi connectivity index (χ0n) is 17.8. The third-order valence-electron chi connectivity index (χ3n) is 5.41. The molecule has 1 heterocycles. The van der Waals surface area contributed by atoms with Gasteiger partial charge in [0.1, 0.15) is 5.75 Å². The lowest BCUT2D eigenvalue weighted by Gasteiger charge is -2.34. The van der Waals surface area contributed by atoms with E-state index in [0.717, 1.165) is 36.3 Å². The number of nitrogens with zero attached hydrogens (tertiary/aromatic N) is 3. The van der Waals surface area contributed by atoms with Gasteiger partial charge in [0.05, 0.1) is 5.25 Å². The second-order valence-corrected chi connectivity index (χ2v) is 8.99. The van der Waals surface area contributed by atoms with E-state index in [4.69, 9.17) is 9.15 Å². The lowest BCUT2D eigenvalue weighted by atomic mass is 9.94. The number of amides is 1. The Hall–Kier alpha value is -2.02. The van der Waals surface area contributed by atoms with E-state index in [1.165, 1.54) is 31.0 Å². The van der Waals surface area contributed by atoms with Crippen LogP contribution in [0.4, 0.5) is 0 Å². The van der Waals surface area contributed by atoms with E-state index in [1.807, 2.05) is 37.8 Å². The Morgan fingerprint density at radius 2 is 2.03 bits per heavy atom. The summed E-state index contributed by atoms with van der Waals surface area (Å²) in [6, 6.07) is 6.44. The number of hydrogen-bond donors (Lipinski definition) is 0. The normalized spacial score (nSPS) is 15.9. The highest BCUT2D eigenvalue weighted by atomic mass is 32.2. The van der Waals surface area contributed by atoms with E-state index in [1.54, 1.807) is 0 Å². The first-order valence-corrected chi connectivity index (χ1v) is 11.4. The van der Waals surface area contributed by atoms with Gasteiger partial charge in [-0.3, -0.25) is 4.79 Å². The molecule has 0 saturated heterocycles. The first-order valence-electron chi connectivity index (χ1n) is 10.5. The largest absolute Gasteiger partial charge is 0.484 e. The number of carbonyl (C=O) groups excluding carboxylic acids is 1. The van der Waals surface area contributed by atoms with Crippen LogP contribution in [0.2, 0.25) is 0 Å². The van der Waals surface area contributed by atoms with Crippen molar-refractivity contribution in [1.29, 1.82) is 0 Å². The van der Waals surface area contributed by atoms with Gasteiger partial charge in [-0.25, -0.2) is 0 Å². The van der Waals surface area contributed by atoms with Crippen molar-refractivity contribution in [3.05, 3.63) is 35.2 Å². The number of ether oxygens (including phenoxy) is 1. The molecule has 1 unspecified atom stereocenters. The topological polar surface area (TPSA) is 68.5 Å². The summed E-state index contributed by atoms with van der Waals surface area (Å²) in [7, 11) is 0. The second-order valence-electron chi connectivity index (χ2n) is 7.70. The molecular weight excluding hydrogens is 386 g/mol. The van der Waals surface area contributed by atoms with E-state index in [-0.39, 0.29) is 17.8 Å². The van der Waals surface area contributed by atoms with Crippen LogP contribution in [0.15, 0.2) is 27.8 Å². The highest BCUT2D eigenvalue weighted by Gasteiger charge is 2.29. The predicted octanol–water partition coefficient (Wildman–Crippen LogP) is 4.93. The Balaban J connectivity index is 1.55. The molecule has 1 saturated carbocycles. The van der Waals surface area contributed by atoms with Crippen LogP contribution in [-0.2, 0) is 11.4 Å². The molecular formula is C22H31N3O3S. The summed E-state index contributed by atoms with van der Waals surface area (Å²) in [6.07, 6.45) is 5.92. The summed E-state index contributed by atoms with van der Waals surface area (Å²) in [4.78, 5) is 15.0. The number of rotatable bonds is 8. The number of aromatic nitrogens is 2. The third kappa shape index (κ3) is 5.75. The molecule has 6 nitrogen and oxygen atoms in total. The Bertz CT molecular complexity index is 817. The lowest BCUT2D eigenvalue weighted by molar-refractivity contribution is -0.133. The van der Waals surface area contributed by atoms with Crippen LogP contribution in [0, 0.1) is 13.8 Å². The maximum Gasteiger partial charge on any atom is 0.277 e. The lowest BCUT2D eigenvalue weighted by Crippen LogP contribution is -2.44. The average molecular weight is 418 g/mol. The molecule has 1 fully saturated rings. The number of thioether (sulfide) groups is 1. The Morgan fingerprint density at radius 3 is 2.76 bits per heavy atom. The molecule has 1 aromatic carbocycles. The van der Waals surface area contributed by atoms with Gasteiger partial charge in [-0.2, -0.15) is 0 Å². The van der Waals surface area contributed by atoms with Crippen LogP contribution in [-0.4, -0.2) is 38.8 Å². The van der Waals surface area contributed by atoms with Crippen molar-refractivity contribution in [2.45, 2.75) is 82.9 Å². The minimum absolute atomic E-state index is 0.149. The molecule has 0 bridgehead atoms. The van der Waals surface area contributed by atoms with Gasteiger partial charge >= 0.3 is 0 Å². The minimum atomic E-state index is -0.259. The van der Waals surface area contributed by atoms with Crippen molar-refractivity contribution in [2.24, 2.45) is 0 Å². The number of benzene rings is 1.